The average Bonchev–Trinajstić information content (AvgIpc) is 3.43. The highest BCUT2D eigenvalue weighted by Crippen LogP contribution is 2.35. The summed E-state index contributed by atoms with van der Waals surface area (Å²) < 4.78 is 13.0. The maximum atomic E-state index is 12.8. The predicted molar refractivity (Wildman–Crippen MR) is 119 cm³/mol. The number of carbonyl (C=O) groups excluding carboxylic acids is 1. The lowest BCUT2D eigenvalue weighted by Gasteiger charge is -2.37. The molecule has 8 heteroatoms. The molecule has 31 heavy (non-hydrogen) atoms. The molecular weight excluding hydrogens is 437 g/mol. The number of fused-ring (bicyclic) bond motifs is 2. The van der Waals surface area contributed by atoms with Crippen molar-refractivity contribution in [3.8, 4) is 11.5 Å². The van der Waals surface area contributed by atoms with E-state index < -0.39 is 0 Å². The number of nitrogens with zero attached hydrogens (tertiary/aromatic N) is 2. The van der Waals surface area contributed by atoms with Crippen LogP contribution in [0, 0.1) is 0 Å². The second kappa shape index (κ2) is 8.46. The summed E-state index contributed by atoms with van der Waals surface area (Å²) >= 11 is 12.4. The number of carbonyl (C=O) groups is 1. The number of nitrogens with one attached hydrogen (secondary N) is 1. The fraction of sp³-hybridized carbons (Fsp3) is 0.261. The van der Waals surface area contributed by atoms with Crippen molar-refractivity contribution >= 4 is 29.1 Å². The molecule has 0 aliphatic carbocycles. The first-order chi connectivity index (χ1) is 15.1. The van der Waals surface area contributed by atoms with Gasteiger partial charge in [0.2, 0.25) is 12.7 Å². The predicted octanol–water partition coefficient (Wildman–Crippen LogP) is 4.25. The van der Waals surface area contributed by atoms with Gasteiger partial charge in [0.15, 0.2) is 11.5 Å². The van der Waals surface area contributed by atoms with Crippen LogP contribution in [0.5, 0.6) is 11.5 Å². The van der Waals surface area contributed by atoms with Gasteiger partial charge in [-0.2, -0.15) is 0 Å². The normalized spacial score (nSPS) is 17.4. The van der Waals surface area contributed by atoms with E-state index in [9.17, 15) is 4.79 Å². The van der Waals surface area contributed by atoms with Crippen LogP contribution in [0.15, 0.2) is 54.7 Å². The summed E-state index contributed by atoms with van der Waals surface area (Å²) in [4.78, 5) is 15.0. The van der Waals surface area contributed by atoms with Gasteiger partial charge >= 0.3 is 0 Å². The minimum absolute atomic E-state index is 0.0391. The maximum absolute atomic E-state index is 12.8. The van der Waals surface area contributed by atoms with E-state index >= 15 is 0 Å². The van der Waals surface area contributed by atoms with Gasteiger partial charge in [-0.3, -0.25) is 9.69 Å². The maximum Gasteiger partial charge on any atom is 0.234 e. The lowest BCUT2D eigenvalue weighted by molar-refractivity contribution is -0.123. The van der Waals surface area contributed by atoms with Gasteiger partial charge in [0.05, 0.1) is 22.6 Å². The number of rotatable bonds is 5. The standard InChI is InChI=1S/C23H21Cl2N3O3/c24-17-5-4-16(11-18(17)25)23-19-2-1-7-27(19)8-9-28(23)13-22(29)26-12-15-3-6-20-21(10-15)31-14-30-20/h1-7,10-11,23H,8-9,12-14H2,(H,26,29). The van der Waals surface area contributed by atoms with Gasteiger partial charge in [-0.25, -0.2) is 0 Å². The van der Waals surface area contributed by atoms with Gasteiger partial charge in [-0.1, -0.05) is 35.3 Å². The fourth-order valence-electron chi connectivity index (χ4n) is 4.16. The summed E-state index contributed by atoms with van der Waals surface area (Å²) in [5, 5.41) is 4.04. The Hall–Kier alpha value is -2.67. The largest absolute Gasteiger partial charge is 0.454 e. The van der Waals surface area contributed by atoms with Crippen molar-refractivity contribution in [1.82, 2.24) is 14.8 Å². The van der Waals surface area contributed by atoms with E-state index in [0.29, 0.717) is 22.3 Å². The summed E-state index contributed by atoms with van der Waals surface area (Å²) in [7, 11) is 0. The minimum atomic E-state index is -0.0743. The number of aromatic nitrogens is 1. The van der Waals surface area contributed by atoms with Crippen molar-refractivity contribution in [1.29, 1.82) is 0 Å². The summed E-state index contributed by atoms with van der Waals surface area (Å²) in [5.74, 6) is 1.40. The topological polar surface area (TPSA) is 55.7 Å². The van der Waals surface area contributed by atoms with Crippen molar-refractivity contribution in [3.05, 3.63) is 81.6 Å². The van der Waals surface area contributed by atoms with Crippen LogP contribution in [0.2, 0.25) is 10.0 Å². The second-order valence-corrected chi connectivity index (χ2v) is 8.45. The Bertz CT molecular complexity index is 1130. The van der Waals surface area contributed by atoms with Crippen LogP contribution in [-0.2, 0) is 17.9 Å². The van der Waals surface area contributed by atoms with Crippen molar-refractivity contribution < 1.29 is 14.3 Å². The van der Waals surface area contributed by atoms with Crippen LogP contribution >= 0.6 is 23.2 Å². The molecule has 1 unspecified atom stereocenters. The summed E-state index contributed by atoms with van der Waals surface area (Å²) in [6.45, 7) is 2.52. The van der Waals surface area contributed by atoms with Crippen LogP contribution in [0.25, 0.3) is 0 Å². The molecule has 2 aromatic carbocycles. The Morgan fingerprint density at radius 1 is 1.03 bits per heavy atom. The molecule has 1 aromatic heterocycles. The highest BCUT2D eigenvalue weighted by atomic mass is 35.5. The summed E-state index contributed by atoms with van der Waals surface area (Å²) in [6, 6.07) is 15.4. The molecule has 0 spiro atoms. The third-order valence-corrected chi connectivity index (χ3v) is 6.41. The van der Waals surface area contributed by atoms with E-state index in [1.165, 1.54) is 0 Å². The van der Waals surface area contributed by atoms with E-state index in [1.54, 1.807) is 6.07 Å². The van der Waals surface area contributed by atoms with E-state index in [4.69, 9.17) is 32.7 Å². The summed E-state index contributed by atoms with van der Waals surface area (Å²) in [6.07, 6.45) is 2.07. The third-order valence-electron chi connectivity index (χ3n) is 5.67. The molecule has 1 N–H and O–H groups in total. The molecule has 0 fully saturated rings. The van der Waals surface area contributed by atoms with E-state index in [2.05, 4.69) is 27.0 Å². The smallest absolute Gasteiger partial charge is 0.234 e. The first kappa shape index (κ1) is 20.2. The van der Waals surface area contributed by atoms with Gasteiger partial charge in [-0.05, 0) is 47.5 Å². The second-order valence-electron chi connectivity index (χ2n) is 7.64. The molecule has 2 aliphatic rings. The van der Waals surface area contributed by atoms with Gasteiger partial charge in [-0.15, -0.1) is 0 Å². The number of ether oxygens (including phenoxy) is 2. The molecule has 0 radical (unpaired) electrons. The highest BCUT2D eigenvalue weighted by molar-refractivity contribution is 6.42. The molecule has 0 saturated heterocycles. The van der Waals surface area contributed by atoms with Gasteiger partial charge in [0.1, 0.15) is 0 Å². The molecule has 2 aliphatic heterocycles. The zero-order valence-electron chi connectivity index (χ0n) is 16.7. The Balaban J connectivity index is 1.31. The number of benzene rings is 2. The zero-order valence-corrected chi connectivity index (χ0v) is 18.2. The molecular formula is C23H21Cl2N3O3. The van der Waals surface area contributed by atoms with Crippen LogP contribution in [0.1, 0.15) is 22.9 Å². The lowest BCUT2D eigenvalue weighted by Crippen LogP contribution is -2.44. The Morgan fingerprint density at radius 2 is 1.90 bits per heavy atom. The Morgan fingerprint density at radius 3 is 2.77 bits per heavy atom. The van der Waals surface area contributed by atoms with Crippen LogP contribution < -0.4 is 14.8 Å². The van der Waals surface area contributed by atoms with Crippen molar-refractivity contribution in [3.63, 3.8) is 0 Å². The molecule has 6 nitrogen and oxygen atoms in total. The Labute approximate surface area is 190 Å². The SMILES string of the molecule is O=C(CN1CCn2cccc2C1c1ccc(Cl)c(Cl)c1)NCc1ccc2c(c1)OCO2. The number of hydrogen-bond donors (Lipinski definition) is 1. The molecule has 3 heterocycles. The van der Waals surface area contributed by atoms with E-state index in [-0.39, 0.29) is 25.3 Å². The van der Waals surface area contributed by atoms with Crippen molar-refractivity contribution in [2.45, 2.75) is 19.1 Å². The summed E-state index contributed by atoms with van der Waals surface area (Å²) in [5.41, 5.74) is 3.11. The number of halogens is 2. The zero-order chi connectivity index (χ0) is 21.4. The molecule has 0 bridgehead atoms. The molecule has 1 amide bonds. The lowest BCUT2D eigenvalue weighted by atomic mass is 10.00. The van der Waals surface area contributed by atoms with E-state index in [1.807, 2.05) is 36.4 Å². The van der Waals surface area contributed by atoms with E-state index in [0.717, 1.165) is 35.7 Å². The van der Waals surface area contributed by atoms with Crippen molar-refractivity contribution in [2.75, 3.05) is 19.9 Å². The number of hydrogen-bond acceptors (Lipinski definition) is 4. The van der Waals surface area contributed by atoms with Crippen molar-refractivity contribution in [2.24, 2.45) is 0 Å². The monoisotopic (exact) mass is 457 g/mol. The quantitative estimate of drug-likeness (QED) is 0.622. The first-order valence-electron chi connectivity index (χ1n) is 10.1. The molecule has 0 saturated carbocycles. The number of amides is 1. The molecule has 1 atom stereocenters. The fourth-order valence-corrected chi connectivity index (χ4v) is 4.46. The van der Waals surface area contributed by atoms with Gasteiger partial charge < -0.3 is 19.4 Å². The third kappa shape index (κ3) is 4.11. The van der Waals surface area contributed by atoms with Crippen LogP contribution in [0.3, 0.4) is 0 Å². The van der Waals surface area contributed by atoms with Gasteiger partial charge in [0.25, 0.3) is 0 Å². The molecule has 3 aromatic rings. The molecule has 160 valence electrons. The Kier molecular flexibility index (Phi) is 5.52. The minimum Gasteiger partial charge on any atom is -0.454 e. The van der Waals surface area contributed by atoms with Crippen LogP contribution in [-0.4, -0.2) is 35.3 Å². The van der Waals surface area contributed by atoms with Gasteiger partial charge in [0, 0.05) is 31.5 Å². The average molecular weight is 458 g/mol. The first-order valence-corrected chi connectivity index (χ1v) is 10.8. The molecule has 5 rings (SSSR count). The van der Waals surface area contributed by atoms with Crippen LogP contribution in [0.4, 0.5) is 0 Å². The highest BCUT2D eigenvalue weighted by Gasteiger charge is 2.30.